The van der Waals surface area contributed by atoms with E-state index >= 15 is 0 Å². The van der Waals surface area contributed by atoms with E-state index in [2.05, 4.69) is 10.3 Å². The van der Waals surface area contributed by atoms with Gasteiger partial charge in [-0.1, -0.05) is 22.9 Å². The summed E-state index contributed by atoms with van der Waals surface area (Å²) < 4.78 is 12.5. The molecule has 0 saturated carbocycles. The number of hydrogen-bond acceptors (Lipinski definition) is 5. The zero-order valence-electron chi connectivity index (χ0n) is 17.3. The summed E-state index contributed by atoms with van der Waals surface area (Å²) in [6.07, 6.45) is 1.56. The van der Waals surface area contributed by atoms with Crippen LogP contribution in [0.25, 0.3) is 26.8 Å². The van der Waals surface area contributed by atoms with Gasteiger partial charge in [0.25, 0.3) is 0 Å². The van der Waals surface area contributed by atoms with Gasteiger partial charge in [-0.05, 0) is 63.1 Å². The smallest absolute Gasteiger partial charge is 0.250 e. The average Bonchev–Trinajstić information content (AvgIpc) is 3.21. The Bertz CT molecular complexity index is 1330. The zero-order chi connectivity index (χ0) is 21.6. The number of fused-ring (bicyclic) bond motifs is 2. The van der Waals surface area contributed by atoms with Crippen LogP contribution in [0, 0.1) is 20.8 Å². The minimum absolute atomic E-state index is 0.252. The lowest BCUT2D eigenvalue weighted by Gasteiger charge is -2.13. The fraction of sp³-hybridized carbons (Fsp3) is 0.217. The maximum atomic E-state index is 12.7. The number of nitrogens with one attached hydrogen (secondary N) is 1. The van der Waals surface area contributed by atoms with Crippen LogP contribution >= 0.6 is 22.9 Å². The van der Waals surface area contributed by atoms with Crippen LogP contribution < -0.4 is 10.1 Å². The van der Waals surface area contributed by atoms with Crippen LogP contribution in [0.5, 0.6) is 5.75 Å². The first kappa shape index (κ1) is 20.4. The molecule has 2 aromatic carbocycles. The number of furan rings is 1. The summed E-state index contributed by atoms with van der Waals surface area (Å²) in [5, 5.41) is 5.04. The van der Waals surface area contributed by atoms with Crippen molar-refractivity contribution in [2.24, 2.45) is 0 Å². The third kappa shape index (κ3) is 3.57. The Labute approximate surface area is 183 Å². The van der Waals surface area contributed by atoms with Crippen LogP contribution in [-0.4, -0.2) is 18.0 Å². The molecule has 4 rings (SSSR count). The third-order valence-corrected chi connectivity index (χ3v) is 6.37. The van der Waals surface area contributed by atoms with Gasteiger partial charge < -0.3 is 9.15 Å². The van der Waals surface area contributed by atoms with Gasteiger partial charge in [-0.3, -0.25) is 10.1 Å². The number of halogens is 1. The predicted molar refractivity (Wildman–Crippen MR) is 124 cm³/mol. The number of aromatic nitrogens is 1. The molecule has 0 spiro atoms. The number of carbonyl (C=O) groups excluding carboxylic acids is 1. The Morgan fingerprint density at radius 2 is 2.00 bits per heavy atom. The Morgan fingerprint density at radius 1 is 1.23 bits per heavy atom. The van der Waals surface area contributed by atoms with Crippen molar-refractivity contribution in [1.29, 1.82) is 0 Å². The maximum Gasteiger partial charge on any atom is 0.250 e. The van der Waals surface area contributed by atoms with Gasteiger partial charge in [0.15, 0.2) is 5.13 Å². The minimum Gasteiger partial charge on any atom is -0.496 e. The second-order valence-corrected chi connectivity index (χ2v) is 8.66. The first-order valence-corrected chi connectivity index (χ1v) is 10.6. The van der Waals surface area contributed by atoms with Gasteiger partial charge >= 0.3 is 0 Å². The fourth-order valence-electron chi connectivity index (χ4n) is 3.54. The number of methoxy groups -OCH3 is 1. The molecule has 7 heteroatoms. The number of allylic oxidation sites excluding steroid dienone is 1. The number of benzene rings is 2. The summed E-state index contributed by atoms with van der Waals surface area (Å²) in [6.45, 7) is 7.83. The van der Waals surface area contributed by atoms with E-state index in [1.807, 2.05) is 45.9 Å². The second-order valence-electron chi connectivity index (χ2n) is 7.19. The molecule has 0 radical (unpaired) electrons. The summed E-state index contributed by atoms with van der Waals surface area (Å²) in [6, 6.07) is 7.47. The van der Waals surface area contributed by atoms with E-state index in [1.54, 1.807) is 19.3 Å². The highest BCUT2D eigenvalue weighted by molar-refractivity contribution is 7.22. The van der Waals surface area contributed by atoms with Crippen molar-refractivity contribution in [3.63, 3.8) is 0 Å². The number of aryl methyl sites for hydroxylation is 3. The highest BCUT2D eigenvalue weighted by Gasteiger charge is 2.18. The minimum atomic E-state index is -0.252. The Morgan fingerprint density at radius 3 is 2.73 bits per heavy atom. The Hall–Kier alpha value is -2.83. The van der Waals surface area contributed by atoms with Crippen LogP contribution in [0.15, 0.2) is 34.8 Å². The van der Waals surface area contributed by atoms with Crippen LogP contribution in [0.4, 0.5) is 5.13 Å². The molecule has 4 aromatic rings. The molecule has 2 heterocycles. The average molecular weight is 441 g/mol. The summed E-state index contributed by atoms with van der Waals surface area (Å²) in [4.78, 5) is 17.1. The third-order valence-electron chi connectivity index (χ3n) is 5.20. The van der Waals surface area contributed by atoms with E-state index in [-0.39, 0.29) is 5.91 Å². The number of rotatable bonds is 4. The number of hydrogen-bond donors (Lipinski definition) is 1. The highest BCUT2D eigenvalue weighted by Crippen LogP contribution is 2.38. The molecule has 1 N–H and O–H groups in total. The van der Waals surface area contributed by atoms with Crippen LogP contribution in [0.2, 0.25) is 5.02 Å². The first-order valence-electron chi connectivity index (χ1n) is 9.41. The van der Waals surface area contributed by atoms with Crippen molar-refractivity contribution in [2.75, 3.05) is 12.4 Å². The lowest BCUT2D eigenvalue weighted by molar-refractivity contribution is -0.111. The number of nitrogens with zero attached hydrogens (tertiary/aromatic N) is 1. The molecule has 0 unspecified atom stereocenters. The van der Waals surface area contributed by atoms with Crippen molar-refractivity contribution >= 4 is 60.7 Å². The summed E-state index contributed by atoms with van der Waals surface area (Å²) >= 11 is 7.41. The molecule has 1 amide bonds. The summed E-state index contributed by atoms with van der Waals surface area (Å²) in [5.41, 5.74) is 5.26. The van der Waals surface area contributed by atoms with Gasteiger partial charge in [-0.2, -0.15) is 0 Å². The lowest BCUT2D eigenvalue weighted by atomic mass is 9.98. The van der Waals surface area contributed by atoms with E-state index in [4.69, 9.17) is 20.8 Å². The monoisotopic (exact) mass is 440 g/mol. The number of carbonyl (C=O) groups is 1. The molecule has 0 fully saturated rings. The number of ether oxygens (including phenoxy) is 1. The first-order chi connectivity index (χ1) is 14.3. The number of amides is 1. The molecule has 0 bridgehead atoms. The van der Waals surface area contributed by atoms with Crippen molar-refractivity contribution in [1.82, 2.24) is 4.98 Å². The summed E-state index contributed by atoms with van der Waals surface area (Å²) in [5.74, 6) is 1.33. The molecular weight excluding hydrogens is 420 g/mol. The van der Waals surface area contributed by atoms with Crippen LogP contribution in [0.3, 0.4) is 0 Å². The molecule has 0 aliphatic carbocycles. The van der Waals surface area contributed by atoms with E-state index in [0.29, 0.717) is 15.9 Å². The molecule has 30 heavy (non-hydrogen) atoms. The largest absolute Gasteiger partial charge is 0.496 e. The van der Waals surface area contributed by atoms with Crippen LogP contribution in [-0.2, 0) is 4.79 Å². The van der Waals surface area contributed by atoms with Gasteiger partial charge in [0, 0.05) is 27.6 Å². The maximum absolute atomic E-state index is 12.7. The molecular formula is C23H21ClN2O3S. The van der Waals surface area contributed by atoms with Crippen molar-refractivity contribution in [2.45, 2.75) is 27.7 Å². The topological polar surface area (TPSA) is 64.4 Å². The molecule has 5 nitrogen and oxygen atoms in total. The molecule has 0 aliphatic rings. The van der Waals surface area contributed by atoms with Gasteiger partial charge in [0.2, 0.25) is 5.91 Å². The molecule has 0 atom stereocenters. The normalized spacial score (nSPS) is 12.0. The van der Waals surface area contributed by atoms with E-state index in [9.17, 15) is 4.79 Å². The molecule has 154 valence electrons. The quantitative estimate of drug-likeness (QED) is 0.360. The van der Waals surface area contributed by atoms with Gasteiger partial charge in [-0.25, -0.2) is 4.98 Å². The zero-order valence-corrected chi connectivity index (χ0v) is 18.9. The molecule has 0 saturated heterocycles. The van der Waals surface area contributed by atoms with Crippen LogP contribution in [0.1, 0.15) is 29.4 Å². The molecule has 0 aliphatic heterocycles. The lowest BCUT2D eigenvalue weighted by Crippen LogP contribution is -2.08. The predicted octanol–water partition coefficient (Wildman–Crippen LogP) is 6.67. The van der Waals surface area contributed by atoms with Crippen molar-refractivity contribution < 1.29 is 13.9 Å². The van der Waals surface area contributed by atoms with E-state index in [0.717, 1.165) is 49.2 Å². The second kappa shape index (κ2) is 7.78. The Balaban J connectivity index is 1.68. The van der Waals surface area contributed by atoms with E-state index in [1.165, 1.54) is 11.3 Å². The van der Waals surface area contributed by atoms with Crippen molar-refractivity contribution in [3.8, 4) is 5.75 Å². The fourth-order valence-corrected chi connectivity index (χ4v) is 4.68. The SMILES string of the molecule is COc1c(/C(C)=C/C(=O)Nc2nc3ccc(Cl)cc3s2)cc2c(C)c(C)oc2c1C. The Kier molecular flexibility index (Phi) is 5.30. The highest BCUT2D eigenvalue weighted by atomic mass is 35.5. The standard InChI is InChI=1S/C23H21ClN2O3S/c1-11(8-20(27)26-23-25-18-7-6-15(24)9-19(18)30-23)16-10-17-12(2)14(4)29-22(17)13(3)21(16)28-5/h6-10H,1-5H3,(H,25,26,27)/b11-8+. The van der Waals surface area contributed by atoms with Gasteiger partial charge in [-0.15, -0.1) is 0 Å². The van der Waals surface area contributed by atoms with E-state index < -0.39 is 0 Å². The molecule has 2 aromatic heterocycles. The summed E-state index contributed by atoms with van der Waals surface area (Å²) in [7, 11) is 1.62. The number of anilines is 1. The van der Waals surface area contributed by atoms with Gasteiger partial charge in [0.05, 0.1) is 17.3 Å². The van der Waals surface area contributed by atoms with Gasteiger partial charge in [0.1, 0.15) is 17.1 Å². The number of thiazole rings is 1. The van der Waals surface area contributed by atoms with Crippen molar-refractivity contribution in [3.05, 3.63) is 57.8 Å².